The summed E-state index contributed by atoms with van der Waals surface area (Å²) in [6, 6.07) is 8.37. The number of rotatable bonds is 5. The van der Waals surface area contributed by atoms with Crippen LogP contribution < -0.4 is 20.3 Å². The minimum atomic E-state index is -0.956. The minimum absolute atomic E-state index is 0.00987. The quantitative estimate of drug-likeness (QED) is 0.505. The lowest BCUT2D eigenvalue weighted by molar-refractivity contribution is 0.0949. The molecule has 8 nitrogen and oxygen atoms in total. The number of hydrogen-bond donors (Lipinski definition) is 3. The largest absolute Gasteiger partial charge is 0.481 e. The van der Waals surface area contributed by atoms with Crippen molar-refractivity contribution in [2.75, 3.05) is 18.6 Å². The van der Waals surface area contributed by atoms with Gasteiger partial charge in [0, 0.05) is 47.7 Å². The first-order valence-corrected chi connectivity index (χ1v) is 13.3. The molecular weight excluding hydrogens is 468 g/mol. The molecule has 2 amide bonds. The molecule has 198 valence electrons. The number of carboxylic acid groups (broad SMARTS) is 1. The van der Waals surface area contributed by atoms with Crippen molar-refractivity contribution < 1.29 is 19.4 Å². The topological polar surface area (TPSA) is 104 Å². The van der Waals surface area contributed by atoms with Crippen molar-refractivity contribution in [2.45, 2.75) is 77.4 Å². The number of nitrogens with zero attached hydrogens (tertiary/aromatic N) is 2. The summed E-state index contributed by atoms with van der Waals surface area (Å²) in [6.45, 7) is 5.28. The Balaban J connectivity index is 1.62. The lowest BCUT2D eigenvalue weighted by Crippen LogP contribution is -2.44. The Morgan fingerprint density at radius 1 is 1.22 bits per heavy atom. The monoisotopic (exact) mass is 506 g/mol. The summed E-state index contributed by atoms with van der Waals surface area (Å²) in [7, 11) is 1.62. The Kier molecular flexibility index (Phi) is 8.69. The van der Waals surface area contributed by atoms with Crippen LogP contribution in [0.2, 0.25) is 0 Å². The number of carbonyl (C=O) groups is 2. The van der Waals surface area contributed by atoms with E-state index in [2.05, 4.69) is 51.7 Å². The molecule has 0 unspecified atom stereocenters. The Labute approximate surface area is 219 Å². The van der Waals surface area contributed by atoms with Crippen LogP contribution in [0.4, 0.5) is 10.5 Å². The molecule has 1 aromatic heterocycles. The maximum Gasteiger partial charge on any atom is 0.404 e. The molecule has 0 saturated heterocycles. The van der Waals surface area contributed by atoms with Crippen molar-refractivity contribution in [3.05, 3.63) is 64.4 Å². The first kappa shape index (κ1) is 26.5. The molecular formula is C29H38N4O4. The molecule has 8 heteroatoms. The van der Waals surface area contributed by atoms with E-state index in [9.17, 15) is 9.59 Å². The van der Waals surface area contributed by atoms with E-state index in [0.717, 1.165) is 73.1 Å². The number of hydrogen-bond acceptors (Lipinski definition) is 5. The summed E-state index contributed by atoms with van der Waals surface area (Å²) in [5.41, 5.74) is 5.77. The van der Waals surface area contributed by atoms with E-state index < -0.39 is 6.09 Å². The van der Waals surface area contributed by atoms with Crippen molar-refractivity contribution in [1.29, 1.82) is 0 Å². The molecule has 2 heterocycles. The number of aromatic nitrogens is 1. The number of anilines is 1. The fourth-order valence-electron chi connectivity index (χ4n) is 5.74. The van der Waals surface area contributed by atoms with Crippen molar-refractivity contribution in [3.63, 3.8) is 0 Å². The number of amides is 2. The van der Waals surface area contributed by atoms with Crippen molar-refractivity contribution >= 4 is 17.7 Å². The molecule has 4 rings (SSSR count). The molecule has 0 radical (unpaired) electrons. The smallest absolute Gasteiger partial charge is 0.404 e. The van der Waals surface area contributed by atoms with Crippen molar-refractivity contribution in [2.24, 2.45) is 0 Å². The fraction of sp³-hybridized carbons (Fsp3) is 0.483. The van der Waals surface area contributed by atoms with Gasteiger partial charge in [-0.1, -0.05) is 18.2 Å². The number of allylic oxidation sites excluding steroid dienone is 2. The molecule has 3 N–H and O–H groups in total. The van der Waals surface area contributed by atoms with Crippen LogP contribution in [0.5, 0.6) is 5.88 Å². The molecule has 37 heavy (non-hydrogen) atoms. The van der Waals surface area contributed by atoms with Gasteiger partial charge >= 0.3 is 6.09 Å². The van der Waals surface area contributed by atoms with Gasteiger partial charge < -0.3 is 25.4 Å². The third-order valence-corrected chi connectivity index (χ3v) is 7.51. The maximum atomic E-state index is 13.5. The van der Waals surface area contributed by atoms with Gasteiger partial charge in [0.25, 0.3) is 5.91 Å². The van der Waals surface area contributed by atoms with Gasteiger partial charge in [0.05, 0.1) is 7.11 Å². The zero-order chi connectivity index (χ0) is 26.4. The van der Waals surface area contributed by atoms with Crippen LogP contribution in [0.25, 0.3) is 0 Å². The van der Waals surface area contributed by atoms with Gasteiger partial charge in [-0.3, -0.25) is 4.79 Å². The van der Waals surface area contributed by atoms with Gasteiger partial charge in [0.2, 0.25) is 5.88 Å². The van der Waals surface area contributed by atoms with E-state index in [1.54, 1.807) is 7.11 Å². The van der Waals surface area contributed by atoms with Crippen molar-refractivity contribution in [1.82, 2.24) is 15.6 Å². The third kappa shape index (κ3) is 6.24. The molecule has 1 fully saturated rings. The molecule has 0 bridgehead atoms. The van der Waals surface area contributed by atoms with Crippen LogP contribution in [0.1, 0.15) is 71.8 Å². The van der Waals surface area contributed by atoms with Gasteiger partial charge in [-0.05, 0) is 88.1 Å². The molecule has 2 aliphatic rings. The summed E-state index contributed by atoms with van der Waals surface area (Å²) in [6.07, 6.45) is 9.29. The molecule has 1 aromatic carbocycles. The van der Waals surface area contributed by atoms with Gasteiger partial charge in [-0.15, -0.1) is 0 Å². The van der Waals surface area contributed by atoms with Crippen LogP contribution in [0.15, 0.2) is 36.4 Å². The van der Waals surface area contributed by atoms with E-state index in [0.29, 0.717) is 30.5 Å². The van der Waals surface area contributed by atoms with E-state index in [4.69, 9.17) is 9.84 Å². The third-order valence-electron chi connectivity index (χ3n) is 7.51. The Hall–Kier alpha value is -3.55. The number of benzene rings is 1. The first-order valence-electron chi connectivity index (χ1n) is 13.3. The number of pyridine rings is 1. The maximum absolute atomic E-state index is 13.5. The highest BCUT2D eigenvalue weighted by atomic mass is 16.5. The molecule has 1 saturated carbocycles. The molecule has 0 spiro atoms. The predicted octanol–water partition coefficient (Wildman–Crippen LogP) is 4.78. The lowest BCUT2D eigenvalue weighted by Gasteiger charge is -2.39. The number of fused-ring (bicyclic) bond motifs is 2. The van der Waals surface area contributed by atoms with Crippen molar-refractivity contribution in [3.8, 4) is 5.88 Å². The average Bonchev–Trinajstić information content (AvgIpc) is 2.88. The van der Waals surface area contributed by atoms with Gasteiger partial charge in [-0.25, -0.2) is 9.78 Å². The molecule has 1 aliphatic carbocycles. The summed E-state index contributed by atoms with van der Waals surface area (Å²) >= 11 is 0. The summed E-state index contributed by atoms with van der Waals surface area (Å²) in [4.78, 5) is 31.5. The second kappa shape index (κ2) is 12.1. The van der Waals surface area contributed by atoms with Gasteiger partial charge in [-0.2, -0.15) is 0 Å². The summed E-state index contributed by atoms with van der Waals surface area (Å²) in [5, 5.41) is 14.8. The number of methoxy groups -OCH3 is 1. The van der Waals surface area contributed by atoms with Crippen LogP contribution in [-0.4, -0.2) is 47.8 Å². The van der Waals surface area contributed by atoms with E-state index >= 15 is 0 Å². The second-order valence-electron chi connectivity index (χ2n) is 9.85. The molecule has 1 aliphatic heterocycles. The predicted molar refractivity (Wildman–Crippen MR) is 145 cm³/mol. The number of ether oxygens (including phenoxy) is 1. The summed E-state index contributed by atoms with van der Waals surface area (Å²) in [5.74, 6) is 0.459. The summed E-state index contributed by atoms with van der Waals surface area (Å²) < 4.78 is 5.56. The second-order valence-corrected chi connectivity index (χ2v) is 9.85. The highest BCUT2D eigenvalue weighted by molar-refractivity contribution is 5.97. The average molecular weight is 507 g/mol. The Morgan fingerprint density at radius 3 is 2.70 bits per heavy atom. The number of aryl methyl sites for hydroxylation is 2. The van der Waals surface area contributed by atoms with Gasteiger partial charge in [0.15, 0.2) is 0 Å². The molecule has 0 atom stereocenters. The SMILES string of the molecule is CCN(c1cccc2c1CC=CCCc1cc(C)nc(OC)c1CNC2=O)C1CCC(NC(=O)O)CC1. The van der Waals surface area contributed by atoms with E-state index in [-0.39, 0.29) is 11.9 Å². The van der Waals surface area contributed by atoms with E-state index in [1.807, 2.05) is 19.1 Å². The molecule has 2 aromatic rings. The number of nitrogens with one attached hydrogen (secondary N) is 2. The minimum Gasteiger partial charge on any atom is -0.481 e. The fourth-order valence-corrected chi connectivity index (χ4v) is 5.74. The Bertz CT molecular complexity index is 1150. The standard InChI is InChI=1S/C29H38N4O4/c1-4-33(22-15-13-21(14-16-22)32-29(35)36)26-12-8-11-24-23(26)10-7-5-6-9-20-17-19(2)31-28(37-3)25(20)18-30-27(24)34/h5,7-8,11-12,17,21-22,32H,4,6,9-10,13-16,18H2,1-3H3,(H,30,34)(H,35,36). The lowest BCUT2D eigenvalue weighted by atomic mass is 9.89. The number of carbonyl (C=O) groups excluding carboxylic acids is 1. The highest BCUT2D eigenvalue weighted by Gasteiger charge is 2.28. The van der Waals surface area contributed by atoms with Crippen LogP contribution in [-0.2, 0) is 19.4 Å². The van der Waals surface area contributed by atoms with Crippen LogP contribution in [0, 0.1) is 6.92 Å². The zero-order valence-electron chi connectivity index (χ0n) is 22.0. The highest BCUT2D eigenvalue weighted by Crippen LogP contribution is 2.32. The van der Waals surface area contributed by atoms with Crippen LogP contribution >= 0.6 is 0 Å². The Morgan fingerprint density at radius 2 is 2.00 bits per heavy atom. The zero-order valence-corrected chi connectivity index (χ0v) is 22.0. The van der Waals surface area contributed by atoms with E-state index in [1.165, 1.54) is 0 Å². The normalized spacial score (nSPS) is 19.9. The first-order chi connectivity index (χ1) is 17.9. The van der Waals surface area contributed by atoms with Crippen LogP contribution in [0.3, 0.4) is 0 Å². The van der Waals surface area contributed by atoms with Gasteiger partial charge in [0.1, 0.15) is 0 Å².